The first kappa shape index (κ1) is 37.3. The fourth-order valence-corrected chi connectivity index (χ4v) is 9.74. The van der Waals surface area contributed by atoms with Crippen LogP contribution in [0.2, 0.25) is 0 Å². The second-order valence-corrected chi connectivity index (χ2v) is 16.4. The highest BCUT2D eigenvalue weighted by molar-refractivity contribution is 6.17. The number of hydrogen-bond donors (Lipinski definition) is 0. The summed E-state index contributed by atoms with van der Waals surface area (Å²) in [4.78, 5) is 16.1. The van der Waals surface area contributed by atoms with Gasteiger partial charge in [0.15, 0.2) is 11.6 Å². The molecule has 11 aromatic rings. The zero-order chi connectivity index (χ0) is 42.0. The Morgan fingerprint density at radius 1 is 0.387 bits per heavy atom. The van der Waals surface area contributed by atoms with Gasteiger partial charge in [-0.2, -0.15) is 9.97 Å². The van der Waals surface area contributed by atoms with Crippen LogP contribution in [0.15, 0.2) is 194 Å². The molecular weight excluding hydrogens is 753 g/mol. The van der Waals surface area contributed by atoms with Crippen molar-refractivity contribution in [2.45, 2.75) is 33.1 Å². The van der Waals surface area contributed by atoms with Gasteiger partial charge in [0.2, 0.25) is 5.95 Å². The van der Waals surface area contributed by atoms with Gasteiger partial charge >= 0.3 is 0 Å². The zero-order valence-corrected chi connectivity index (χ0v) is 35.3. The van der Waals surface area contributed by atoms with E-state index in [0.29, 0.717) is 17.6 Å². The van der Waals surface area contributed by atoms with Crippen molar-refractivity contribution in [3.8, 4) is 62.1 Å². The molecule has 0 N–H and O–H groups in total. The Morgan fingerprint density at radius 2 is 0.919 bits per heavy atom. The van der Waals surface area contributed by atoms with Crippen LogP contribution < -0.4 is 0 Å². The molecule has 296 valence electrons. The van der Waals surface area contributed by atoms with Crippen molar-refractivity contribution in [3.63, 3.8) is 0 Å². The maximum Gasteiger partial charge on any atom is 0.238 e. The van der Waals surface area contributed by atoms with Crippen LogP contribution in [0.25, 0.3) is 105 Å². The molecule has 1 aliphatic rings. The summed E-state index contributed by atoms with van der Waals surface area (Å²) in [7, 11) is 0. The predicted molar refractivity (Wildman–Crippen MR) is 260 cm³/mol. The Bertz CT molecular complexity index is 3510. The van der Waals surface area contributed by atoms with E-state index in [1.54, 1.807) is 0 Å². The highest BCUT2D eigenvalue weighted by Crippen LogP contribution is 2.53. The number of benzene rings is 9. The van der Waals surface area contributed by atoms with Gasteiger partial charge in [0.1, 0.15) is 0 Å². The lowest BCUT2D eigenvalue weighted by Crippen LogP contribution is -2.16. The Labute approximate surface area is 361 Å². The topological polar surface area (TPSA) is 43.6 Å². The first-order chi connectivity index (χ1) is 30.5. The molecule has 0 amide bonds. The minimum Gasteiger partial charge on any atom is -0.277 e. The average Bonchev–Trinajstić information content (AvgIpc) is 3.79. The maximum atomic E-state index is 5.43. The van der Waals surface area contributed by atoms with Gasteiger partial charge in [0, 0.05) is 32.9 Å². The summed E-state index contributed by atoms with van der Waals surface area (Å²) in [6.07, 6.45) is 0. The molecule has 0 fully saturated rings. The molecule has 0 saturated heterocycles. The van der Waals surface area contributed by atoms with Crippen LogP contribution in [-0.4, -0.2) is 19.5 Å². The van der Waals surface area contributed by atoms with Gasteiger partial charge in [0.05, 0.1) is 11.0 Å². The summed E-state index contributed by atoms with van der Waals surface area (Å²) in [5, 5.41) is 6.97. The molecule has 0 unspecified atom stereocenters. The van der Waals surface area contributed by atoms with Crippen molar-refractivity contribution in [2.24, 2.45) is 0 Å². The van der Waals surface area contributed by atoms with Crippen LogP contribution in [0.5, 0.6) is 0 Å². The van der Waals surface area contributed by atoms with Gasteiger partial charge in [-0.15, -0.1) is 0 Å². The van der Waals surface area contributed by atoms with Gasteiger partial charge in [-0.05, 0) is 78.7 Å². The van der Waals surface area contributed by atoms with Crippen LogP contribution in [0.3, 0.4) is 0 Å². The molecule has 0 radical (unpaired) electrons. The lowest BCUT2D eigenvalue weighted by Gasteiger charge is -2.25. The zero-order valence-electron chi connectivity index (χ0n) is 35.3. The van der Waals surface area contributed by atoms with Crippen LogP contribution in [0.4, 0.5) is 0 Å². The highest BCUT2D eigenvalue weighted by Gasteiger charge is 2.38. The Hall–Kier alpha value is -7.69. The predicted octanol–water partition coefficient (Wildman–Crippen LogP) is 15.3. The minimum atomic E-state index is -0.203. The normalized spacial score (nSPS) is 12.6. The molecule has 2 aromatic heterocycles. The van der Waals surface area contributed by atoms with E-state index in [2.05, 4.69) is 206 Å². The molecule has 12 rings (SSSR count). The van der Waals surface area contributed by atoms with Gasteiger partial charge in [-0.25, -0.2) is 4.98 Å². The molecule has 4 heteroatoms. The summed E-state index contributed by atoms with van der Waals surface area (Å²) in [6.45, 7) is 8.72. The van der Waals surface area contributed by atoms with Gasteiger partial charge < -0.3 is 0 Å². The number of para-hydroxylation sites is 1. The fraction of sp³-hybridized carbons (Fsp3) is 0.0862. The number of rotatable bonds is 5. The number of fused-ring (bicyclic) bond motifs is 8. The Kier molecular flexibility index (Phi) is 8.90. The number of hydrogen-bond acceptors (Lipinski definition) is 3. The largest absolute Gasteiger partial charge is 0.277 e. The molecular formula is C58H44N4. The van der Waals surface area contributed by atoms with Gasteiger partial charge in [0.25, 0.3) is 0 Å². The van der Waals surface area contributed by atoms with E-state index in [9.17, 15) is 0 Å². The smallest absolute Gasteiger partial charge is 0.238 e. The summed E-state index contributed by atoms with van der Waals surface area (Å²) in [5.41, 5.74) is 13.7. The molecule has 0 spiro atoms. The SMILES string of the molecule is CC.CC1(C)c2ccccc2-c2cccc(-c3cccc4c5cc6ccccc6cc5n(-c5nc(-c6ccc(-c7ccccc7)cc6)nc(-c6ccc7ccccc7c6)n5)c34)c21. The van der Waals surface area contributed by atoms with Crippen LogP contribution in [0, 0.1) is 0 Å². The van der Waals surface area contributed by atoms with Crippen molar-refractivity contribution in [1.29, 1.82) is 0 Å². The second kappa shape index (κ2) is 14.8. The van der Waals surface area contributed by atoms with Crippen LogP contribution in [-0.2, 0) is 5.41 Å². The molecule has 0 atom stereocenters. The van der Waals surface area contributed by atoms with Gasteiger partial charge in [-0.3, -0.25) is 4.57 Å². The van der Waals surface area contributed by atoms with Crippen molar-refractivity contribution in [3.05, 3.63) is 205 Å². The number of nitrogens with zero attached hydrogens (tertiary/aromatic N) is 4. The summed E-state index contributed by atoms with van der Waals surface area (Å²) >= 11 is 0. The third-order valence-corrected chi connectivity index (χ3v) is 12.6. The molecule has 1 aliphatic carbocycles. The standard InChI is InChI=1S/C56H38N4.C2H6/c1-56(2)49-25-11-10-20-43(49)44-21-12-22-45(51(44)56)46-23-13-24-47-48-33-40-18-8-9-19-41(40)34-50(48)60(52(46)47)55-58-53(38-29-26-37(27-30-38)35-14-4-3-5-15-35)57-54(59-55)42-31-28-36-16-6-7-17-39(36)32-42;1-2/h3-34H,1-2H3;1-2H3. The summed E-state index contributed by atoms with van der Waals surface area (Å²) < 4.78 is 2.30. The Balaban J connectivity index is 0.00000213. The summed E-state index contributed by atoms with van der Waals surface area (Å²) in [5.74, 6) is 1.82. The van der Waals surface area contributed by atoms with Crippen molar-refractivity contribution < 1.29 is 0 Å². The minimum absolute atomic E-state index is 0.203. The molecule has 9 aromatic carbocycles. The monoisotopic (exact) mass is 796 g/mol. The first-order valence-corrected chi connectivity index (χ1v) is 21.6. The van der Waals surface area contributed by atoms with E-state index in [1.807, 2.05) is 19.9 Å². The molecule has 62 heavy (non-hydrogen) atoms. The van der Waals surface area contributed by atoms with Crippen molar-refractivity contribution in [2.75, 3.05) is 0 Å². The van der Waals surface area contributed by atoms with E-state index < -0.39 is 0 Å². The quantitative estimate of drug-likeness (QED) is 0.174. The molecule has 0 bridgehead atoms. The number of aromatic nitrogens is 4. The van der Waals surface area contributed by atoms with E-state index in [0.717, 1.165) is 54.8 Å². The third kappa shape index (κ3) is 5.94. The Morgan fingerprint density at radius 3 is 1.68 bits per heavy atom. The summed E-state index contributed by atoms with van der Waals surface area (Å²) in [6, 6.07) is 69.6. The van der Waals surface area contributed by atoms with Gasteiger partial charge in [-0.1, -0.05) is 204 Å². The van der Waals surface area contributed by atoms with Crippen molar-refractivity contribution in [1.82, 2.24) is 19.5 Å². The van der Waals surface area contributed by atoms with E-state index in [-0.39, 0.29) is 5.41 Å². The molecule has 4 nitrogen and oxygen atoms in total. The van der Waals surface area contributed by atoms with E-state index >= 15 is 0 Å². The lowest BCUT2D eigenvalue weighted by molar-refractivity contribution is 0.662. The maximum absolute atomic E-state index is 5.43. The van der Waals surface area contributed by atoms with Crippen LogP contribution in [0.1, 0.15) is 38.8 Å². The van der Waals surface area contributed by atoms with E-state index in [4.69, 9.17) is 15.0 Å². The first-order valence-electron chi connectivity index (χ1n) is 21.6. The molecule has 0 saturated carbocycles. The fourth-order valence-electron chi connectivity index (χ4n) is 9.74. The lowest BCUT2D eigenvalue weighted by atomic mass is 9.78. The second-order valence-electron chi connectivity index (χ2n) is 16.4. The molecule has 2 heterocycles. The van der Waals surface area contributed by atoms with Crippen LogP contribution >= 0.6 is 0 Å². The molecule has 0 aliphatic heterocycles. The highest BCUT2D eigenvalue weighted by atomic mass is 15.2. The average molecular weight is 797 g/mol. The van der Waals surface area contributed by atoms with E-state index in [1.165, 1.54) is 44.2 Å². The van der Waals surface area contributed by atoms with Crippen molar-refractivity contribution >= 4 is 43.4 Å². The third-order valence-electron chi connectivity index (χ3n) is 12.6.